The van der Waals surface area contributed by atoms with Crippen molar-refractivity contribution in [2.45, 2.75) is 75.5 Å². The van der Waals surface area contributed by atoms with E-state index in [9.17, 15) is 29.1 Å². The molecule has 2 aromatic rings. The van der Waals surface area contributed by atoms with Crippen LogP contribution in [0.1, 0.15) is 68.6 Å². The molecule has 2 atom stereocenters. The summed E-state index contributed by atoms with van der Waals surface area (Å²) in [5.74, 6) is -1.76. The summed E-state index contributed by atoms with van der Waals surface area (Å²) >= 11 is 0. The number of amidine groups is 1. The summed E-state index contributed by atoms with van der Waals surface area (Å²) in [5, 5.41) is 22.9. The SMILES string of the molecule is CC1(c2ccc(C(=N)N)cc2)C(=O)N(CC(=O)N[C@@H](CC(=O)O)C(=O)NC23CC4CC(CC(C4)C2)C3)C(=O)N1Cc1ccccc1. The van der Waals surface area contributed by atoms with Crippen LogP contribution in [0.2, 0.25) is 0 Å². The van der Waals surface area contributed by atoms with Crippen LogP contribution in [0.5, 0.6) is 0 Å². The van der Waals surface area contributed by atoms with Crippen LogP contribution >= 0.6 is 0 Å². The molecule has 12 heteroatoms. The number of rotatable bonds is 11. The molecule has 1 saturated heterocycles. The molecule has 5 aliphatic rings. The highest BCUT2D eigenvalue weighted by Gasteiger charge is 2.56. The number of hydrogen-bond acceptors (Lipinski definition) is 6. The largest absolute Gasteiger partial charge is 0.481 e. The quantitative estimate of drug-likeness (QED) is 0.144. The van der Waals surface area contributed by atoms with Gasteiger partial charge in [-0.2, -0.15) is 0 Å². The summed E-state index contributed by atoms with van der Waals surface area (Å²) in [7, 11) is 0. The van der Waals surface area contributed by atoms with E-state index in [0.717, 1.165) is 29.7 Å². The highest BCUT2D eigenvalue weighted by atomic mass is 16.4. The van der Waals surface area contributed by atoms with E-state index >= 15 is 0 Å². The van der Waals surface area contributed by atoms with E-state index in [1.165, 1.54) is 24.2 Å². The van der Waals surface area contributed by atoms with Gasteiger partial charge in [0.15, 0.2) is 0 Å². The minimum absolute atomic E-state index is 0.0730. The van der Waals surface area contributed by atoms with Crippen LogP contribution in [-0.2, 0) is 31.3 Å². The molecular weight excluding hydrogens is 588 g/mol. The van der Waals surface area contributed by atoms with Crippen molar-refractivity contribution in [1.82, 2.24) is 20.4 Å². The van der Waals surface area contributed by atoms with Gasteiger partial charge in [0.2, 0.25) is 11.8 Å². The molecule has 4 bridgehead atoms. The molecule has 0 aromatic heterocycles. The molecule has 4 saturated carbocycles. The number of imide groups is 1. The van der Waals surface area contributed by atoms with Crippen molar-refractivity contribution in [1.29, 1.82) is 5.41 Å². The molecule has 242 valence electrons. The van der Waals surface area contributed by atoms with Gasteiger partial charge >= 0.3 is 12.0 Å². The number of hydrogen-bond donors (Lipinski definition) is 5. The number of benzene rings is 2. The number of carboxylic acid groups (broad SMARTS) is 1. The van der Waals surface area contributed by atoms with Gasteiger partial charge in [0.05, 0.1) is 6.42 Å². The zero-order valence-electron chi connectivity index (χ0n) is 25.8. The minimum atomic E-state index is -1.50. The van der Waals surface area contributed by atoms with Crippen LogP contribution < -0.4 is 16.4 Å². The van der Waals surface area contributed by atoms with Gasteiger partial charge in [-0.1, -0.05) is 54.6 Å². The molecule has 6 N–H and O–H groups in total. The second kappa shape index (κ2) is 11.9. The maximum Gasteiger partial charge on any atom is 0.328 e. The van der Waals surface area contributed by atoms with Crippen molar-refractivity contribution < 1.29 is 29.1 Å². The lowest BCUT2D eigenvalue weighted by atomic mass is 9.53. The smallest absolute Gasteiger partial charge is 0.328 e. The first-order valence-corrected chi connectivity index (χ1v) is 15.8. The zero-order chi connectivity index (χ0) is 32.8. The van der Waals surface area contributed by atoms with E-state index in [1.54, 1.807) is 31.2 Å². The summed E-state index contributed by atoms with van der Waals surface area (Å²) < 4.78 is 0. The number of nitrogen functional groups attached to an aromatic ring is 1. The van der Waals surface area contributed by atoms with E-state index in [2.05, 4.69) is 10.6 Å². The number of nitrogens with two attached hydrogens (primary N) is 1. The molecule has 46 heavy (non-hydrogen) atoms. The van der Waals surface area contributed by atoms with Gasteiger partial charge in [0.25, 0.3) is 5.91 Å². The van der Waals surface area contributed by atoms with E-state index < -0.39 is 54.3 Å². The molecule has 1 heterocycles. The summed E-state index contributed by atoms with van der Waals surface area (Å²) in [6.07, 6.45) is 5.46. The van der Waals surface area contributed by atoms with Crippen LogP contribution in [0.25, 0.3) is 0 Å². The van der Waals surface area contributed by atoms with Crippen molar-refractivity contribution in [3.63, 3.8) is 0 Å². The first-order chi connectivity index (χ1) is 21.9. The molecule has 5 amide bonds. The van der Waals surface area contributed by atoms with Crippen molar-refractivity contribution in [3.8, 4) is 0 Å². The van der Waals surface area contributed by atoms with Gasteiger partial charge in [0, 0.05) is 17.6 Å². The van der Waals surface area contributed by atoms with E-state index in [4.69, 9.17) is 11.1 Å². The van der Waals surface area contributed by atoms with Crippen molar-refractivity contribution in [2.24, 2.45) is 23.5 Å². The molecule has 0 spiro atoms. The first kappa shape index (κ1) is 31.3. The fourth-order valence-corrected chi connectivity index (χ4v) is 8.57. The van der Waals surface area contributed by atoms with Crippen molar-refractivity contribution in [2.75, 3.05) is 6.54 Å². The Morgan fingerprint density at radius 2 is 1.57 bits per heavy atom. The maximum absolute atomic E-state index is 14.0. The number of carbonyl (C=O) groups excluding carboxylic acids is 4. The predicted octanol–water partition coefficient (Wildman–Crippen LogP) is 2.69. The van der Waals surface area contributed by atoms with E-state index in [-0.39, 0.29) is 17.9 Å². The van der Waals surface area contributed by atoms with Crippen LogP contribution in [0.3, 0.4) is 0 Å². The van der Waals surface area contributed by atoms with Gasteiger partial charge in [-0.05, 0) is 74.3 Å². The number of carboxylic acids is 1. The van der Waals surface area contributed by atoms with Gasteiger partial charge in [-0.15, -0.1) is 0 Å². The number of nitrogens with one attached hydrogen (secondary N) is 3. The van der Waals surface area contributed by atoms with Crippen LogP contribution in [-0.4, -0.2) is 68.6 Å². The first-order valence-electron chi connectivity index (χ1n) is 15.8. The Kier molecular flexibility index (Phi) is 8.07. The van der Waals surface area contributed by atoms with Crippen LogP contribution in [0, 0.1) is 23.2 Å². The lowest BCUT2D eigenvalue weighted by Gasteiger charge is -2.57. The van der Waals surface area contributed by atoms with Crippen LogP contribution in [0.4, 0.5) is 4.79 Å². The molecule has 5 fully saturated rings. The predicted molar refractivity (Wildman–Crippen MR) is 167 cm³/mol. The Morgan fingerprint density at radius 1 is 0.978 bits per heavy atom. The van der Waals surface area contributed by atoms with Gasteiger partial charge in [-0.3, -0.25) is 29.5 Å². The normalized spacial score (nSPS) is 28.7. The number of urea groups is 1. The van der Waals surface area contributed by atoms with Gasteiger partial charge in [-0.25, -0.2) is 4.79 Å². The van der Waals surface area contributed by atoms with Crippen molar-refractivity contribution in [3.05, 3.63) is 71.3 Å². The third-order valence-corrected chi connectivity index (χ3v) is 10.4. The third-order valence-electron chi connectivity index (χ3n) is 10.4. The van der Waals surface area contributed by atoms with Crippen molar-refractivity contribution >= 4 is 35.6 Å². The number of carbonyl (C=O) groups is 5. The zero-order valence-corrected chi connectivity index (χ0v) is 25.8. The Hall–Kier alpha value is -4.74. The van der Waals surface area contributed by atoms with Gasteiger partial charge < -0.3 is 26.4 Å². The monoisotopic (exact) mass is 628 g/mol. The summed E-state index contributed by atoms with van der Waals surface area (Å²) in [6, 6.07) is 13.5. The highest BCUT2D eigenvalue weighted by Crippen LogP contribution is 2.55. The number of amides is 5. The highest BCUT2D eigenvalue weighted by molar-refractivity contribution is 6.09. The molecule has 2 aromatic carbocycles. The Morgan fingerprint density at radius 3 is 2.11 bits per heavy atom. The summed E-state index contributed by atoms with van der Waals surface area (Å²) in [6.45, 7) is 0.984. The molecular formula is C34H40N6O6. The van der Waals surface area contributed by atoms with Crippen LogP contribution in [0.15, 0.2) is 54.6 Å². The fourth-order valence-electron chi connectivity index (χ4n) is 8.57. The molecule has 1 unspecified atom stereocenters. The second-order valence-electron chi connectivity index (χ2n) is 13.7. The number of aliphatic carboxylic acids is 1. The Labute approximate surface area is 267 Å². The summed E-state index contributed by atoms with van der Waals surface area (Å²) in [4.78, 5) is 68.8. The third kappa shape index (κ3) is 5.83. The van der Waals surface area contributed by atoms with E-state index in [1.807, 2.05) is 30.3 Å². The maximum atomic E-state index is 14.0. The van der Waals surface area contributed by atoms with E-state index in [0.29, 0.717) is 28.9 Å². The number of nitrogens with zero attached hydrogens (tertiary/aromatic N) is 2. The molecule has 12 nitrogen and oxygen atoms in total. The molecule has 1 aliphatic heterocycles. The lowest BCUT2D eigenvalue weighted by molar-refractivity contribution is -0.142. The fraction of sp³-hybridized carbons (Fsp3) is 0.471. The standard InChI is InChI=1S/C34H40N6O6/c1-33(25-9-7-24(8-10-25)29(35)36)31(45)39(32(46)40(33)18-20-5-3-2-4-6-20)19-27(41)37-26(14-28(42)43)30(44)38-34-15-21-11-22(16-34)13-23(12-21)17-34/h2-10,21-23,26H,11-19H2,1H3,(H3,35,36)(H,37,41)(H,38,44)(H,42,43)/t21?,22?,23?,26-,33?,34?/m0/s1. The minimum Gasteiger partial charge on any atom is -0.481 e. The molecule has 7 rings (SSSR count). The lowest BCUT2D eigenvalue weighted by Crippen LogP contribution is -2.63. The van der Waals surface area contributed by atoms with Gasteiger partial charge in [0.1, 0.15) is 24.0 Å². The Bertz CT molecular complexity index is 1540. The average Bonchev–Trinajstić information content (AvgIpc) is 3.17. The topological polar surface area (TPSA) is 186 Å². The average molecular weight is 629 g/mol. The Balaban J connectivity index is 1.21. The molecule has 4 aliphatic carbocycles. The second-order valence-corrected chi connectivity index (χ2v) is 13.7. The molecule has 0 radical (unpaired) electrons. The summed E-state index contributed by atoms with van der Waals surface area (Å²) in [5.41, 5.74) is 5.42.